The van der Waals surface area contributed by atoms with Crippen molar-refractivity contribution in [1.82, 2.24) is 14.9 Å². The van der Waals surface area contributed by atoms with Crippen LogP contribution in [0.2, 0.25) is 0 Å². The molecule has 168 valence electrons. The molecule has 1 aliphatic carbocycles. The van der Waals surface area contributed by atoms with E-state index in [1.807, 2.05) is 24.3 Å². The third-order valence-corrected chi connectivity index (χ3v) is 6.79. The van der Waals surface area contributed by atoms with E-state index in [-0.39, 0.29) is 29.0 Å². The van der Waals surface area contributed by atoms with Crippen LogP contribution in [0.25, 0.3) is 11.4 Å². The molecular weight excluding hydrogens is 430 g/mol. The summed E-state index contributed by atoms with van der Waals surface area (Å²) in [7, 11) is -3.67. The van der Waals surface area contributed by atoms with Crippen LogP contribution in [0.15, 0.2) is 51.9 Å². The van der Waals surface area contributed by atoms with Gasteiger partial charge in [0.05, 0.1) is 10.5 Å². The number of hydrogen-bond donors (Lipinski definition) is 1. The van der Waals surface area contributed by atoms with Crippen molar-refractivity contribution in [2.45, 2.75) is 57.1 Å². The number of carbonyl (C=O) groups is 1. The van der Waals surface area contributed by atoms with Crippen LogP contribution in [0.5, 0.6) is 0 Å². The van der Waals surface area contributed by atoms with Crippen LogP contribution in [0.1, 0.15) is 60.0 Å². The van der Waals surface area contributed by atoms with Gasteiger partial charge in [0.25, 0.3) is 5.89 Å². The number of hydrogen-bond acceptors (Lipinski definition) is 7. The molecule has 0 unspecified atom stereocenters. The summed E-state index contributed by atoms with van der Waals surface area (Å²) in [5.41, 5.74) is 2.79. The summed E-state index contributed by atoms with van der Waals surface area (Å²) in [5.74, 6) is 0.317. The summed E-state index contributed by atoms with van der Waals surface area (Å²) in [6, 6.07) is 12.2. The standard InChI is InChI=1S/C23H25N3O5S/c1-14(2)16-5-7-17(8-6-16)22-24-21(31-25-22)13-30-23(27)20-12-19(11-4-15(20)3)32(28,29)26-18-9-10-18/h4-8,11-12,14,18,26H,9-10,13H2,1-3H3. The fourth-order valence-electron chi connectivity index (χ4n) is 3.13. The first-order valence-corrected chi connectivity index (χ1v) is 11.9. The highest BCUT2D eigenvalue weighted by atomic mass is 32.2. The van der Waals surface area contributed by atoms with Crippen molar-refractivity contribution < 1.29 is 22.5 Å². The lowest BCUT2D eigenvalue weighted by molar-refractivity contribution is 0.0428. The normalized spacial score (nSPS) is 14.0. The van der Waals surface area contributed by atoms with Crippen LogP contribution in [-0.4, -0.2) is 30.6 Å². The first kappa shape index (κ1) is 22.2. The summed E-state index contributed by atoms with van der Waals surface area (Å²) in [4.78, 5) is 16.9. The Labute approximate surface area is 187 Å². The van der Waals surface area contributed by atoms with Crippen molar-refractivity contribution in [3.05, 3.63) is 65.0 Å². The minimum atomic E-state index is -3.67. The number of ether oxygens (including phenoxy) is 1. The van der Waals surface area contributed by atoms with Gasteiger partial charge in [-0.05, 0) is 48.9 Å². The summed E-state index contributed by atoms with van der Waals surface area (Å²) in [6.07, 6.45) is 1.65. The van der Waals surface area contributed by atoms with Gasteiger partial charge in [0, 0.05) is 11.6 Å². The minimum absolute atomic E-state index is 0.0231. The molecule has 4 rings (SSSR count). The number of nitrogens with one attached hydrogen (secondary N) is 1. The molecule has 1 aliphatic rings. The average Bonchev–Trinajstić information content (AvgIpc) is 3.44. The van der Waals surface area contributed by atoms with Crippen molar-refractivity contribution in [2.24, 2.45) is 0 Å². The zero-order chi connectivity index (χ0) is 22.9. The number of nitrogens with zero attached hydrogens (tertiary/aromatic N) is 2. The zero-order valence-corrected chi connectivity index (χ0v) is 19.0. The van der Waals surface area contributed by atoms with Crippen LogP contribution in [0.3, 0.4) is 0 Å². The van der Waals surface area contributed by atoms with Gasteiger partial charge in [-0.15, -0.1) is 0 Å². The highest BCUT2D eigenvalue weighted by Crippen LogP contribution is 2.24. The lowest BCUT2D eigenvalue weighted by Crippen LogP contribution is -2.26. The SMILES string of the molecule is Cc1ccc(S(=O)(=O)NC2CC2)cc1C(=O)OCc1nc(-c2ccc(C(C)C)cc2)no1. The van der Waals surface area contributed by atoms with Gasteiger partial charge in [-0.2, -0.15) is 4.98 Å². The van der Waals surface area contributed by atoms with E-state index in [0.29, 0.717) is 17.3 Å². The lowest BCUT2D eigenvalue weighted by Gasteiger charge is -2.09. The van der Waals surface area contributed by atoms with Crippen molar-refractivity contribution in [1.29, 1.82) is 0 Å². The monoisotopic (exact) mass is 455 g/mol. The maximum absolute atomic E-state index is 12.6. The van der Waals surface area contributed by atoms with E-state index >= 15 is 0 Å². The molecular formula is C23H25N3O5S. The van der Waals surface area contributed by atoms with Crippen LogP contribution < -0.4 is 4.72 Å². The van der Waals surface area contributed by atoms with E-state index < -0.39 is 16.0 Å². The van der Waals surface area contributed by atoms with E-state index in [0.717, 1.165) is 18.4 Å². The zero-order valence-electron chi connectivity index (χ0n) is 18.2. The highest BCUT2D eigenvalue weighted by molar-refractivity contribution is 7.89. The van der Waals surface area contributed by atoms with Crippen LogP contribution in [0.4, 0.5) is 0 Å². The number of aryl methyl sites for hydroxylation is 1. The number of esters is 1. The van der Waals surface area contributed by atoms with Gasteiger partial charge in [0.1, 0.15) is 0 Å². The molecule has 1 aromatic heterocycles. The number of rotatable bonds is 8. The molecule has 0 amide bonds. The van der Waals surface area contributed by atoms with Gasteiger partial charge in [0.15, 0.2) is 6.61 Å². The highest BCUT2D eigenvalue weighted by Gasteiger charge is 2.28. The van der Waals surface area contributed by atoms with E-state index in [1.54, 1.807) is 13.0 Å². The number of aromatic nitrogens is 2. The van der Waals surface area contributed by atoms with Crippen LogP contribution >= 0.6 is 0 Å². The van der Waals surface area contributed by atoms with Gasteiger partial charge >= 0.3 is 5.97 Å². The molecule has 1 N–H and O–H groups in total. The first-order chi connectivity index (χ1) is 15.2. The Morgan fingerprint density at radius 1 is 1.19 bits per heavy atom. The molecule has 0 bridgehead atoms. The summed E-state index contributed by atoms with van der Waals surface area (Å²) >= 11 is 0. The smallest absolute Gasteiger partial charge is 0.338 e. The summed E-state index contributed by atoms with van der Waals surface area (Å²) in [6.45, 7) is 5.73. The molecule has 2 aromatic carbocycles. The quantitative estimate of drug-likeness (QED) is 0.512. The predicted molar refractivity (Wildman–Crippen MR) is 117 cm³/mol. The van der Waals surface area contributed by atoms with Gasteiger partial charge in [-0.1, -0.05) is 49.3 Å². The topological polar surface area (TPSA) is 111 Å². The molecule has 8 nitrogen and oxygen atoms in total. The maximum Gasteiger partial charge on any atom is 0.338 e. The Balaban J connectivity index is 1.43. The number of benzene rings is 2. The van der Waals surface area contributed by atoms with E-state index in [2.05, 4.69) is 28.7 Å². The van der Waals surface area contributed by atoms with E-state index in [1.165, 1.54) is 17.7 Å². The Hall–Kier alpha value is -3.04. The fourth-order valence-corrected chi connectivity index (χ4v) is 4.46. The Bertz CT molecular complexity index is 1230. The third-order valence-electron chi connectivity index (χ3n) is 5.27. The second-order valence-electron chi connectivity index (χ2n) is 8.24. The van der Waals surface area contributed by atoms with Crippen molar-refractivity contribution in [3.63, 3.8) is 0 Å². The lowest BCUT2D eigenvalue weighted by atomic mass is 10.0. The van der Waals surface area contributed by atoms with Crippen molar-refractivity contribution in [2.75, 3.05) is 0 Å². The van der Waals surface area contributed by atoms with Gasteiger partial charge in [-0.3, -0.25) is 0 Å². The van der Waals surface area contributed by atoms with Crippen LogP contribution in [0, 0.1) is 6.92 Å². The minimum Gasteiger partial charge on any atom is -0.452 e. The molecule has 1 heterocycles. The van der Waals surface area contributed by atoms with E-state index in [9.17, 15) is 13.2 Å². The predicted octanol–water partition coefficient (Wildman–Crippen LogP) is 3.97. The van der Waals surface area contributed by atoms with Crippen molar-refractivity contribution >= 4 is 16.0 Å². The van der Waals surface area contributed by atoms with Gasteiger partial charge in [-0.25, -0.2) is 17.9 Å². The molecule has 0 aliphatic heterocycles. The maximum atomic E-state index is 12.6. The molecule has 1 fully saturated rings. The summed E-state index contributed by atoms with van der Waals surface area (Å²) < 4.78 is 38.0. The molecule has 9 heteroatoms. The average molecular weight is 456 g/mol. The molecule has 0 saturated heterocycles. The third kappa shape index (κ3) is 5.05. The molecule has 32 heavy (non-hydrogen) atoms. The van der Waals surface area contributed by atoms with Crippen molar-refractivity contribution in [3.8, 4) is 11.4 Å². The first-order valence-electron chi connectivity index (χ1n) is 10.5. The molecule has 0 radical (unpaired) electrons. The molecule has 3 aromatic rings. The Kier molecular flexibility index (Phi) is 6.12. The number of sulfonamides is 1. The fraction of sp³-hybridized carbons (Fsp3) is 0.348. The molecule has 1 saturated carbocycles. The van der Waals surface area contributed by atoms with Gasteiger partial charge in [0.2, 0.25) is 15.8 Å². The molecule has 0 atom stereocenters. The molecule has 0 spiro atoms. The largest absolute Gasteiger partial charge is 0.452 e. The second kappa shape index (κ2) is 8.84. The Morgan fingerprint density at radius 2 is 1.91 bits per heavy atom. The summed E-state index contributed by atoms with van der Waals surface area (Å²) in [5, 5.41) is 3.94. The number of carbonyl (C=O) groups excluding carboxylic acids is 1. The van der Waals surface area contributed by atoms with E-state index in [4.69, 9.17) is 9.26 Å². The second-order valence-corrected chi connectivity index (χ2v) is 9.95. The van der Waals surface area contributed by atoms with Gasteiger partial charge < -0.3 is 9.26 Å². The van der Waals surface area contributed by atoms with Crippen LogP contribution in [-0.2, 0) is 21.4 Å². The Morgan fingerprint density at radius 3 is 2.56 bits per heavy atom.